The lowest BCUT2D eigenvalue weighted by atomic mass is 9.82. The Morgan fingerprint density at radius 2 is 2.09 bits per heavy atom. The molecular weight excluding hydrogens is 148 g/mol. The van der Waals surface area contributed by atoms with Crippen molar-refractivity contribution in [1.29, 1.82) is 0 Å². The number of alkyl halides is 2. The standard InChI is InChI=1S/C8H15F2N/c9-8(10)7-3-1-2-6(4-7)5-11/h6-8H,1-5,11H2. The molecule has 11 heavy (non-hydrogen) atoms. The lowest BCUT2D eigenvalue weighted by Crippen LogP contribution is -2.26. The predicted molar refractivity (Wildman–Crippen MR) is 40.5 cm³/mol. The van der Waals surface area contributed by atoms with Crippen LogP contribution in [0.15, 0.2) is 0 Å². The number of rotatable bonds is 2. The largest absolute Gasteiger partial charge is 0.330 e. The molecule has 1 nitrogen and oxygen atoms in total. The third-order valence-corrected chi connectivity index (χ3v) is 2.51. The van der Waals surface area contributed by atoms with Gasteiger partial charge in [-0.15, -0.1) is 0 Å². The molecule has 0 aliphatic heterocycles. The highest BCUT2D eigenvalue weighted by molar-refractivity contribution is 4.74. The molecule has 1 aliphatic carbocycles. The van der Waals surface area contributed by atoms with Crippen LogP contribution in [0.25, 0.3) is 0 Å². The minimum atomic E-state index is -2.13. The highest BCUT2D eigenvalue weighted by atomic mass is 19.3. The smallest absolute Gasteiger partial charge is 0.241 e. The molecule has 0 aromatic carbocycles. The van der Waals surface area contributed by atoms with Gasteiger partial charge in [0.15, 0.2) is 0 Å². The Balaban J connectivity index is 2.33. The fourth-order valence-corrected chi connectivity index (χ4v) is 1.78. The molecule has 1 rings (SSSR count). The van der Waals surface area contributed by atoms with Gasteiger partial charge < -0.3 is 5.73 Å². The summed E-state index contributed by atoms with van der Waals surface area (Å²) in [5, 5.41) is 0. The zero-order valence-electron chi connectivity index (χ0n) is 6.60. The molecule has 3 heteroatoms. The van der Waals surface area contributed by atoms with Gasteiger partial charge in [0, 0.05) is 5.92 Å². The Morgan fingerprint density at radius 1 is 1.36 bits per heavy atom. The molecule has 0 saturated heterocycles. The molecule has 1 saturated carbocycles. The predicted octanol–water partition coefficient (Wildman–Crippen LogP) is 2.02. The number of hydrogen-bond donors (Lipinski definition) is 1. The summed E-state index contributed by atoms with van der Waals surface area (Å²) in [5.41, 5.74) is 5.42. The van der Waals surface area contributed by atoms with Crippen LogP contribution in [0.2, 0.25) is 0 Å². The average Bonchev–Trinajstić information content (AvgIpc) is 2.05. The Labute approximate surface area is 66.0 Å². The third-order valence-electron chi connectivity index (χ3n) is 2.51. The lowest BCUT2D eigenvalue weighted by molar-refractivity contribution is 0.0432. The summed E-state index contributed by atoms with van der Waals surface area (Å²) in [5.74, 6) is -0.0277. The molecule has 2 atom stereocenters. The summed E-state index contributed by atoms with van der Waals surface area (Å²) in [7, 11) is 0. The van der Waals surface area contributed by atoms with E-state index in [4.69, 9.17) is 5.73 Å². The van der Waals surface area contributed by atoms with Crippen LogP contribution in [-0.4, -0.2) is 13.0 Å². The van der Waals surface area contributed by atoms with Crippen molar-refractivity contribution >= 4 is 0 Å². The van der Waals surface area contributed by atoms with Crippen molar-refractivity contribution in [2.45, 2.75) is 32.1 Å². The topological polar surface area (TPSA) is 26.0 Å². The van der Waals surface area contributed by atoms with Gasteiger partial charge in [-0.05, 0) is 31.7 Å². The van der Waals surface area contributed by atoms with Gasteiger partial charge in [0.2, 0.25) is 6.43 Å². The minimum Gasteiger partial charge on any atom is -0.330 e. The summed E-state index contributed by atoms with van der Waals surface area (Å²) in [6.07, 6.45) is 1.16. The van der Waals surface area contributed by atoms with Crippen LogP contribution in [0.1, 0.15) is 25.7 Å². The average molecular weight is 163 g/mol. The van der Waals surface area contributed by atoms with Crippen LogP contribution in [0.5, 0.6) is 0 Å². The van der Waals surface area contributed by atoms with Crippen molar-refractivity contribution in [3.8, 4) is 0 Å². The Kier molecular flexibility index (Phi) is 3.24. The maximum atomic E-state index is 12.2. The maximum Gasteiger partial charge on any atom is 0.241 e. The minimum absolute atomic E-state index is 0.350. The number of halogens is 2. The van der Waals surface area contributed by atoms with E-state index in [-0.39, 0.29) is 5.92 Å². The van der Waals surface area contributed by atoms with E-state index in [9.17, 15) is 8.78 Å². The second-order valence-electron chi connectivity index (χ2n) is 3.36. The summed E-state index contributed by atoms with van der Waals surface area (Å²) in [6.45, 7) is 0.573. The first-order valence-electron chi connectivity index (χ1n) is 4.22. The van der Waals surface area contributed by atoms with Crippen molar-refractivity contribution in [2.75, 3.05) is 6.54 Å². The van der Waals surface area contributed by atoms with Crippen LogP contribution in [0.4, 0.5) is 8.78 Å². The molecule has 0 amide bonds. The zero-order chi connectivity index (χ0) is 8.27. The molecular formula is C8H15F2N. The van der Waals surface area contributed by atoms with Gasteiger partial charge in [-0.3, -0.25) is 0 Å². The van der Waals surface area contributed by atoms with Gasteiger partial charge in [-0.1, -0.05) is 6.42 Å². The van der Waals surface area contributed by atoms with Crippen molar-refractivity contribution < 1.29 is 8.78 Å². The van der Waals surface area contributed by atoms with Crippen LogP contribution >= 0.6 is 0 Å². The van der Waals surface area contributed by atoms with Crippen LogP contribution in [0, 0.1) is 11.8 Å². The van der Waals surface area contributed by atoms with Gasteiger partial charge in [-0.2, -0.15) is 0 Å². The van der Waals surface area contributed by atoms with E-state index in [1.54, 1.807) is 0 Å². The molecule has 1 aliphatic rings. The van der Waals surface area contributed by atoms with Gasteiger partial charge in [-0.25, -0.2) is 8.78 Å². The molecule has 0 bridgehead atoms. The summed E-state index contributed by atoms with van der Waals surface area (Å²) in [4.78, 5) is 0. The van der Waals surface area contributed by atoms with Crippen LogP contribution in [-0.2, 0) is 0 Å². The maximum absolute atomic E-state index is 12.2. The second kappa shape index (κ2) is 4.00. The Hall–Kier alpha value is -0.180. The number of nitrogens with two attached hydrogens (primary N) is 1. The van der Waals surface area contributed by atoms with Crippen molar-refractivity contribution in [3.63, 3.8) is 0 Å². The summed E-state index contributed by atoms with van der Waals surface area (Å²) >= 11 is 0. The molecule has 1 fully saturated rings. The van der Waals surface area contributed by atoms with E-state index in [1.165, 1.54) is 0 Å². The van der Waals surface area contributed by atoms with Crippen molar-refractivity contribution in [2.24, 2.45) is 17.6 Å². The number of hydrogen-bond acceptors (Lipinski definition) is 1. The van der Waals surface area contributed by atoms with Crippen LogP contribution in [0.3, 0.4) is 0 Å². The Bertz CT molecular complexity index is 117. The van der Waals surface area contributed by atoms with E-state index >= 15 is 0 Å². The SMILES string of the molecule is NCC1CCCC(C(F)F)C1. The van der Waals surface area contributed by atoms with E-state index in [0.717, 1.165) is 12.8 Å². The van der Waals surface area contributed by atoms with Crippen molar-refractivity contribution in [3.05, 3.63) is 0 Å². The van der Waals surface area contributed by atoms with E-state index in [1.807, 2.05) is 0 Å². The monoisotopic (exact) mass is 163 g/mol. The molecule has 0 radical (unpaired) electrons. The highest BCUT2D eigenvalue weighted by Crippen LogP contribution is 2.32. The first-order chi connectivity index (χ1) is 5.24. The van der Waals surface area contributed by atoms with E-state index in [2.05, 4.69) is 0 Å². The zero-order valence-corrected chi connectivity index (χ0v) is 6.60. The molecule has 0 aromatic heterocycles. The van der Waals surface area contributed by atoms with E-state index in [0.29, 0.717) is 25.3 Å². The van der Waals surface area contributed by atoms with Gasteiger partial charge in [0.25, 0.3) is 0 Å². The lowest BCUT2D eigenvalue weighted by Gasteiger charge is -2.27. The first-order valence-corrected chi connectivity index (χ1v) is 4.22. The van der Waals surface area contributed by atoms with Crippen molar-refractivity contribution in [1.82, 2.24) is 0 Å². The first kappa shape index (κ1) is 8.91. The quantitative estimate of drug-likeness (QED) is 0.662. The highest BCUT2D eigenvalue weighted by Gasteiger charge is 2.27. The molecule has 2 N–H and O–H groups in total. The van der Waals surface area contributed by atoms with Gasteiger partial charge in [0.1, 0.15) is 0 Å². The molecule has 0 heterocycles. The van der Waals surface area contributed by atoms with Gasteiger partial charge >= 0.3 is 0 Å². The van der Waals surface area contributed by atoms with E-state index < -0.39 is 6.43 Å². The second-order valence-corrected chi connectivity index (χ2v) is 3.36. The summed E-state index contributed by atoms with van der Waals surface area (Å²) in [6, 6.07) is 0. The Morgan fingerprint density at radius 3 is 2.64 bits per heavy atom. The fourth-order valence-electron chi connectivity index (χ4n) is 1.78. The summed E-state index contributed by atoms with van der Waals surface area (Å²) < 4.78 is 24.4. The van der Waals surface area contributed by atoms with Gasteiger partial charge in [0.05, 0.1) is 0 Å². The molecule has 0 aromatic rings. The molecule has 66 valence electrons. The fraction of sp³-hybridized carbons (Fsp3) is 1.00. The third kappa shape index (κ3) is 2.40. The van der Waals surface area contributed by atoms with Crippen LogP contribution < -0.4 is 5.73 Å². The normalized spacial score (nSPS) is 32.7. The molecule has 2 unspecified atom stereocenters. The molecule has 0 spiro atoms.